The number of ether oxygens (including phenoxy) is 2. The fraction of sp³-hybridized carbons (Fsp3) is 0.526. The number of piperidine rings is 1. The highest BCUT2D eigenvalue weighted by atomic mass is 16.5. The van der Waals surface area contributed by atoms with Gasteiger partial charge in [-0.3, -0.25) is 4.79 Å². The first-order chi connectivity index (χ1) is 13.0. The van der Waals surface area contributed by atoms with Crippen LogP contribution in [0.25, 0.3) is 5.57 Å². The number of aromatic amines is 1. The lowest BCUT2D eigenvalue weighted by atomic mass is 9.97. The van der Waals surface area contributed by atoms with E-state index >= 15 is 0 Å². The first-order valence-electron chi connectivity index (χ1n) is 9.02. The molecule has 2 fully saturated rings. The van der Waals surface area contributed by atoms with E-state index in [1.165, 1.54) is 14.2 Å². The monoisotopic (exact) mass is 374 g/mol. The average Bonchev–Trinajstić information content (AvgIpc) is 3.41. The summed E-state index contributed by atoms with van der Waals surface area (Å²) in [4.78, 5) is 34.5. The van der Waals surface area contributed by atoms with Crippen LogP contribution in [-0.2, 0) is 14.3 Å². The molecule has 2 aliphatic rings. The molecule has 1 aromatic rings. The van der Waals surface area contributed by atoms with E-state index in [0.29, 0.717) is 5.92 Å². The molecule has 1 aromatic heterocycles. The highest BCUT2D eigenvalue weighted by Crippen LogP contribution is 2.49. The molecule has 1 saturated carbocycles. The van der Waals surface area contributed by atoms with Crippen molar-refractivity contribution in [3.8, 4) is 0 Å². The average molecular weight is 374 g/mol. The lowest BCUT2D eigenvalue weighted by molar-refractivity contribution is -0.139. The van der Waals surface area contributed by atoms with E-state index in [1.54, 1.807) is 12.3 Å². The Morgan fingerprint density at radius 1 is 1.48 bits per heavy atom. The van der Waals surface area contributed by atoms with E-state index in [0.717, 1.165) is 36.4 Å². The zero-order valence-electron chi connectivity index (χ0n) is 15.7. The number of alkyl carbamates (subject to hydrolysis) is 1. The fourth-order valence-corrected chi connectivity index (χ4v) is 4.14. The molecule has 27 heavy (non-hydrogen) atoms. The van der Waals surface area contributed by atoms with Gasteiger partial charge in [-0.15, -0.1) is 0 Å². The number of fused-ring (bicyclic) bond motifs is 2. The summed E-state index contributed by atoms with van der Waals surface area (Å²) in [5.74, 6) is 0.902. The van der Waals surface area contributed by atoms with Gasteiger partial charge in [-0.2, -0.15) is 0 Å². The Kier molecular flexibility index (Phi) is 5.65. The van der Waals surface area contributed by atoms with Crippen molar-refractivity contribution in [3.63, 3.8) is 0 Å². The van der Waals surface area contributed by atoms with Crippen molar-refractivity contribution in [2.45, 2.75) is 37.4 Å². The van der Waals surface area contributed by atoms with Crippen LogP contribution in [0.1, 0.15) is 36.8 Å². The molecule has 2 heterocycles. The van der Waals surface area contributed by atoms with Crippen LogP contribution in [0.2, 0.25) is 0 Å². The molecule has 146 valence electrons. The largest absolute Gasteiger partial charge is 0.453 e. The second-order valence-corrected chi connectivity index (χ2v) is 6.97. The normalized spacial score (nSPS) is 24.5. The zero-order chi connectivity index (χ0) is 19.6. The first-order valence-corrected chi connectivity index (χ1v) is 9.02. The lowest BCUT2D eigenvalue weighted by Gasteiger charge is -2.36. The Labute approximate surface area is 158 Å². The van der Waals surface area contributed by atoms with Gasteiger partial charge in [-0.1, -0.05) is 19.2 Å². The third-order valence-electron chi connectivity index (χ3n) is 5.42. The van der Waals surface area contributed by atoms with Gasteiger partial charge in [0.1, 0.15) is 11.9 Å². The molecule has 8 heteroatoms. The molecule has 4 unspecified atom stereocenters. The van der Waals surface area contributed by atoms with Crippen molar-refractivity contribution in [3.05, 3.63) is 36.9 Å². The molecule has 0 spiro atoms. The molecule has 8 nitrogen and oxygen atoms in total. The molecule has 2 bridgehead atoms. The van der Waals surface area contributed by atoms with Gasteiger partial charge in [-0.05, 0) is 30.8 Å². The van der Waals surface area contributed by atoms with Crippen molar-refractivity contribution in [2.75, 3.05) is 20.8 Å². The number of nitrogens with zero attached hydrogens (tertiary/aromatic N) is 2. The standard InChI is InChI=1S/C19H26N4O4/c1-5-11(2)14-9-20-17(21-14)16-12-6-7-13(8-12)23(16)18(24)15(10-26-3)22-19(25)27-4/h5,9,12-13,15-16H,1-2,6-8,10H2,3-4H3,(H,20,21)(H,22,25). The number of methoxy groups -OCH3 is 2. The maximum atomic E-state index is 13.3. The van der Waals surface area contributed by atoms with Gasteiger partial charge in [0.25, 0.3) is 0 Å². The van der Waals surface area contributed by atoms with Crippen LogP contribution >= 0.6 is 0 Å². The van der Waals surface area contributed by atoms with Crippen LogP contribution in [0.3, 0.4) is 0 Å². The quantitative estimate of drug-likeness (QED) is 0.712. The number of aromatic nitrogens is 2. The summed E-state index contributed by atoms with van der Waals surface area (Å²) in [7, 11) is 2.76. The summed E-state index contributed by atoms with van der Waals surface area (Å²) < 4.78 is 9.78. The topological polar surface area (TPSA) is 96.6 Å². The second-order valence-electron chi connectivity index (χ2n) is 6.97. The highest BCUT2D eigenvalue weighted by molar-refractivity contribution is 5.86. The second kappa shape index (κ2) is 7.96. The summed E-state index contributed by atoms with van der Waals surface area (Å²) in [6.07, 6.45) is 5.67. The number of amides is 2. The molecule has 0 radical (unpaired) electrons. The molecule has 4 atom stereocenters. The van der Waals surface area contributed by atoms with Crippen molar-refractivity contribution in [1.82, 2.24) is 20.2 Å². The summed E-state index contributed by atoms with van der Waals surface area (Å²) in [5.41, 5.74) is 1.54. The molecule has 2 amide bonds. The number of carbonyl (C=O) groups excluding carboxylic acids is 2. The Morgan fingerprint density at radius 3 is 2.93 bits per heavy atom. The Bertz CT molecular complexity index is 744. The van der Waals surface area contributed by atoms with Gasteiger partial charge in [0, 0.05) is 13.2 Å². The van der Waals surface area contributed by atoms with Crippen LogP contribution < -0.4 is 5.32 Å². The van der Waals surface area contributed by atoms with Crippen LogP contribution in [-0.4, -0.2) is 59.8 Å². The minimum atomic E-state index is -0.804. The molecule has 1 aliphatic heterocycles. The summed E-state index contributed by atoms with van der Waals surface area (Å²) in [5, 5.41) is 2.57. The van der Waals surface area contributed by atoms with Gasteiger partial charge >= 0.3 is 6.09 Å². The Morgan fingerprint density at radius 2 is 2.26 bits per heavy atom. The number of hydrogen-bond acceptors (Lipinski definition) is 5. The molecule has 1 aliphatic carbocycles. The number of imidazole rings is 1. The van der Waals surface area contributed by atoms with Crippen LogP contribution in [0, 0.1) is 5.92 Å². The number of carbonyl (C=O) groups is 2. The molecule has 1 saturated heterocycles. The Hall–Kier alpha value is -2.61. The number of H-pyrrole nitrogens is 1. The summed E-state index contributed by atoms with van der Waals surface area (Å²) >= 11 is 0. The fourth-order valence-electron chi connectivity index (χ4n) is 4.14. The van der Waals surface area contributed by atoms with Crippen molar-refractivity contribution in [2.24, 2.45) is 5.92 Å². The maximum Gasteiger partial charge on any atom is 0.407 e. The predicted octanol–water partition coefficient (Wildman–Crippen LogP) is 2.03. The zero-order valence-corrected chi connectivity index (χ0v) is 15.7. The number of allylic oxidation sites excluding steroid dienone is 2. The third-order valence-corrected chi connectivity index (χ3v) is 5.42. The van der Waals surface area contributed by atoms with Gasteiger partial charge in [0.15, 0.2) is 0 Å². The van der Waals surface area contributed by atoms with E-state index in [4.69, 9.17) is 4.74 Å². The van der Waals surface area contributed by atoms with E-state index < -0.39 is 12.1 Å². The van der Waals surface area contributed by atoms with Gasteiger partial charge < -0.3 is 24.7 Å². The smallest absolute Gasteiger partial charge is 0.407 e. The molecular weight excluding hydrogens is 348 g/mol. The Balaban J connectivity index is 1.86. The van der Waals surface area contributed by atoms with Crippen molar-refractivity contribution < 1.29 is 19.1 Å². The van der Waals surface area contributed by atoms with Crippen LogP contribution in [0.5, 0.6) is 0 Å². The van der Waals surface area contributed by atoms with Crippen LogP contribution in [0.15, 0.2) is 25.4 Å². The van der Waals surface area contributed by atoms with E-state index in [2.05, 4.69) is 33.2 Å². The predicted molar refractivity (Wildman–Crippen MR) is 99.7 cm³/mol. The van der Waals surface area contributed by atoms with Gasteiger partial charge in [0.2, 0.25) is 5.91 Å². The minimum absolute atomic E-state index is 0.0746. The minimum Gasteiger partial charge on any atom is -0.453 e. The van der Waals surface area contributed by atoms with Gasteiger partial charge in [0.05, 0.1) is 31.6 Å². The number of hydrogen-bond donors (Lipinski definition) is 2. The highest BCUT2D eigenvalue weighted by Gasteiger charge is 2.51. The SMILES string of the molecule is C=CC(=C)c1cnc(C2C3CCC(C3)N2C(=O)C(COC)NC(=O)OC)[nH]1. The van der Waals surface area contributed by atoms with Crippen LogP contribution in [0.4, 0.5) is 4.79 Å². The summed E-state index contributed by atoms with van der Waals surface area (Å²) in [6, 6.07) is -0.814. The molecule has 0 aromatic carbocycles. The van der Waals surface area contributed by atoms with Crippen molar-refractivity contribution in [1.29, 1.82) is 0 Å². The molecule has 3 rings (SSSR count). The number of nitrogens with one attached hydrogen (secondary N) is 2. The molecule has 2 N–H and O–H groups in total. The lowest BCUT2D eigenvalue weighted by Crippen LogP contribution is -2.53. The number of likely N-dealkylation sites (tertiary alicyclic amines) is 1. The van der Waals surface area contributed by atoms with E-state index in [9.17, 15) is 9.59 Å². The summed E-state index contributed by atoms with van der Waals surface area (Å²) in [6.45, 7) is 7.73. The van der Waals surface area contributed by atoms with Gasteiger partial charge in [-0.25, -0.2) is 9.78 Å². The molecular formula is C19H26N4O4. The van der Waals surface area contributed by atoms with E-state index in [1.807, 2.05) is 4.90 Å². The van der Waals surface area contributed by atoms with Crippen molar-refractivity contribution >= 4 is 17.6 Å². The first kappa shape index (κ1) is 19.2. The number of rotatable bonds is 7. The van der Waals surface area contributed by atoms with E-state index in [-0.39, 0.29) is 24.6 Å². The maximum absolute atomic E-state index is 13.3. The third kappa shape index (κ3) is 3.62.